The molecule has 0 aromatic carbocycles. The van der Waals surface area contributed by atoms with E-state index in [0.717, 1.165) is 7.11 Å². The maximum atomic E-state index is 11.9. The summed E-state index contributed by atoms with van der Waals surface area (Å²) in [6, 6.07) is 0. The highest BCUT2D eigenvalue weighted by Gasteiger charge is 2.36. The Bertz CT molecular complexity index is 208. The molecule has 0 rings (SSSR count). The van der Waals surface area contributed by atoms with Gasteiger partial charge in [0.25, 0.3) is 0 Å². The molecule has 0 aliphatic heterocycles. The topological polar surface area (TPSA) is 35.5 Å². The molecule has 6 heteroatoms. The number of halogens is 3. The van der Waals surface area contributed by atoms with Crippen LogP contribution in [0.1, 0.15) is 6.92 Å². The van der Waals surface area contributed by atoms with Gasteiger partial charge in [0, 0.05) is 0 Å². The number of hydrogen-bond acceptors (Lipinski definition) is 3. The molecule has 0 spiro atoms. The molecule has 13 heavy (non-hydrogen) atoms. The van der Waals surface area contributed by atoms with Gasteiger partial charge in [0.15, 0.2) is 0 Å². The summed E-state index contributed by atoms with van der Waals surface area (Å²) in [5.41, 5.74) is 0. The first-order valence-electron chi connectivity index (χ1n) is 3.41. The van der Waals surface area contributed by atoms with Gasteiger partial charge in [0.05, 0.1) is 19.8 Å². The number of allylic oxidation sites excluding steroid dienone is 1. The fraction of sp³-hybridized carbons (Fsp3) is 0.571. The van der Waals surface area contributed by atoms with Crippen molar-refractivity contribution in [3.8, 4) is 0 Å². The smallest absolute Gasteiger partial charge is 0.449 e. The van der Waals surface area contributed by atoms with Gasteiger partial charge >= 0.3 is 12.1 Å². The quantitative estimate of drug-likeness (QED) is 0.393. The Balaban J connectivity index is 4.48. The number of carbonyl (C=O) groups excluding carboxylic acids is 1. The van der Waals surface area contributed by atoms with Gasteiger partial charge in [-0.25, -0.2) is 4.79 Å². The molecule has 0 saturated heterocycles. The molecule has 0 aromatic rings. The molecule has 0 heterocycles. The summed E-state index contributed by atoms with van der Waals surface area (Å²) in [5, 5.41) is 0. The number of hydrogen-bond donors (Lipinski definition) is 0. The van der Waals surface area contributed by atoms with E-state index >= 15 is 0 Å². The van der Waals surface area contributed by atoms with E-state index in [0.29, 0.717) is 0 Å². The van der Waals surface area contributed by atoms with Gasteiger partial charge in [-0.05, 0) is 6.92 Å². The molecule has 0 atom stereocenters. The van der Waals surface area contributed by atoms with Crippen LogP contribution >= 0.6 is 0 Å². The van der Waals surface area contributed by atoms with Crippen molar-refractivity contribution in [1.82, 2.24) is 0 Å². The first-order valence-corrected chi connectivity index (χ1v) is 3.41. The van der Waals surface area contributed by atoms with E-state index in [2.05, 4.69) is 9.47 Å². The van der Waals surface area contributed by atoms with Crippen molar-refractivity contribution in [2.24, 2.45) is 0 Å². The normalized spacial score (nSPS) is 12.5. The standard InChI is InChI=1S/C7H9F3O3/c1-3-13-6(11)4-5(12-2)7(8,9)10/h4H,3H2,1-2H3. The number of ether oxygens (including phenoxy) is 2. The lowest BCUT2D eigenvalue weighted by Gasteiger charge is -2.08. The first kappa shape index (κ1) is 11.8. The molecule has 0 amide bonds. The molecule has 0 bridgehead atoms. The average molecular weight is 198 g/mol. The van der Waals surface area contributed by atoms with Crippen LogP contribution in [0.2, 0.25) is 0 Å². The highest BCUT2D eigenvalue weighted by molar-refractivity contribution is 5.82. The Morgan fingerprint density at radius 3 is 2.31 bits per heavy atom. The third kappa shape index (κ3) is 4.39. The van der Waals surface area contributed by atoms with Crippen LogP contribution in [0.15, 0.2) is 11.8 Å². The molecular formula is C7H9F3O3. The molecule has 0 unspecified atom stereocenters. The minimum absolute atomic E-state index is 0.0180. The number of rotatable bonds is 3. The van der Waals surface area contributed by atoms with E-state index in [1.807, 2.05) is 0 Å². The molecule has 76 valence electrons. The van der Waals surface area contributed by atoms with Crippen LogP contribution in [0.4, 0.5) is 13.2 Å². The third-order valence-corrected chi connectivity index (χ3v) is 1.03. The van der Waals surface area contributed by atoms with Crippen molar-refractivity contribution >= 4 is 5.97 Å². The van der Waals surface area contributed by atoms with Crippen molar-refractivity contribution in [2.75, 3.05) is 13.7 Å². The summed E-state index contributed by atoms with van der Waals surface area (Å²) < 4.78 is 44.0. The SMILES string of the molecule is CCOC(=O)C=C(OC)C(F)(F)F. The molecule has 0 aliphatic carbocycles. The molecule has 0 aliphatic rings. The minimum atomic E-state index is -4.67. The predicted molar refractivity (Wildman–Crippen MR) is 37.8 cm³/mol. The largest absolute Gasteiger partial charge is 0.492 e. The van der Waals surface area contributed by atoms with Crippen LogP contribution in [0.5, 0.6) is 0 Å². The fourth-order valence-electron chi connectivity index (χ4n) is 0.547. The second-order valence-electron chi connectivity index (χ2n) is 1.96. The van der Waals surface area contributed by atoms with Crippen molar-refractivity contribution in [2.45, 2.75) is 13.1 Å². The predicted octanol–water partition coefficient (Wildman–Crippen LogP) is 1.64. The number of carbonyl (C=O) groups is 1. The van der Waals surface area contributed by atoms with Crippen LogP contribution in [-0.2, 0) is 14.3 Å². The lowest BCUT2D eigenvalue weighted by atomic mass is 10.4. The summed E-state index contributed by atoms with van der Waals surface area (Å²) in [6.45, 7) is 1.51. The third-order valence-electron chi connectivity index (χ3n) is 1.03. The molecular weight excluding hydrogens is 189 g/mol. The molecule has 0 fully saturated rings. The monoisotopic (exact) mass is 198 g/mol. The Morgan fingerprint density at radius 1 is 1.46 bits per heavy atom. The van der Waals surface area contributed by atoms with Crippen LogP contribution in [0.3, 0.4) is 0 Å². The number of esters is 1. The average Bonchev–Trinajstić information content (AvgIpc) is 1.98. The molecule has 3 nitrogen and oxygen atoms in total. The minimum Gasteiger partial charge on any atom is -0.492 e. The maximum absolute atomic E-state index is 11.9. The van der Waals surface area contributed by atoms with E-state index in [1.54, 1.807) is 0 Å². The summed E-state index contributed by atoms with van der Waals surface area (Å²) in [5.74, 6) is -2.44. The van der Waals surface area contributed by atoms with Crippen molar-refractivity contribution in [1.29, 1.82) is 0 Å². The van der Waals surface area contributed by atoms with E-state index in [9.17, 15) is 18.0 Å². The van der Waals surface area contributed by atoms with Crippen LogP contribution in [0.25, 0.3) is 0 Å². The second kappa shape index (κ2) is 4.74. The van der Waals surface area contributed by atoms with E-state index in [1.165, 1.54) is 6.92 Å². The molecule has 0 saturated carbocycles. The van der Waals surface area contributed by atoms with Crippen LogP contribution < -0.4 is 0 Å². The van der Waals surface area contributed by atoms with E-state index in [4.69, 9.17) is 0 Å². The number of alkyl halides is 3. The van der Waals surface area contributed by atoms with Gasteiger partial charge < -0.3 is 9.47 Å². The van der Waals surface area contributed by atoms with Crippen molar-refractivity contribution in [3.05, 3.63) is 11.8 Å². The molecule has 0 aromatic heterocycles. The summed E-state index contributed by atoms with van der Waals surface area (Å²) in [7, 11) is 0.832. The number of methoxy groups -OCH3 is 1. The summed E-state index contributed by atoms with van der Waals surface area (Å²) in [6.07, 6.45) is -4.40. The Morgan fingerprint density at radius 2 is 2.00 bits per heavy atom. The van der Waals surface area contributed by atoms with E-state index in [-0.39, 0.29) is 12.7 Å². The van der Waals surface area contributed by atoms with Gasteiger partial charge in [-0.3, -0.25) is 0 Å². The van der Waals surface area contributed by atoms with Gasteiger partial charge in [-0.2, -0.15) is 13.2 Å². The highest BCUT2D eigenvalue weighted by atomic mass is 19.4. The summed E-state index contributed by atoms with van der Waals surface area (Å²) in [4.78, 5) is 10.6. The van der Waals surface area contributed by atoms with E-state index < -0.39 is 17.9 Å². The zero-order valence-electron chi connectivity index (χ0n) is 7.14. The van der Waals surface area contributed by atoms with Gasteiger partial charge in [-0.15, -0.1) is 0 Å². The Hall–Kier alpha value is -1.20. The van der Waals surface area contributed by atoms with Crippen LogP contribution in [0, 0.1) is 0 Å². The summed E-state index contributed by atoms with van der Waals surface area (Å²) >= 11 is 0. The van der Waals surface area contributed by atoms with Crippen molar-refractivity contribution in [3.63, 3.8) is 0 Å². The van der Waals surface area contributed by atoms with Gasteiger partial charge in [0.1, 0.15) is 0 Å². The second-order valence-corrected chi connectivity index (χ2v) is 1.96. The lowest BCUT2D eigenvalue weighted by Crippen LogP contribution is -2.15. The van der Waals surface area contributed by atoms with Gasteiger partial charge in [0.2, 0.25) is 5.76 Å². The zero-order valence-corrected chi connectivity index (χ0v) is 7.14. The lowest BCUT2D eigenvalue weighted by molar-refractivity contribution is -0.142. The molecule has 0 radical (unpaired) electrons. The Labute approximate surface area is 73.1 Å². The van der Waals surface area contributed by atoms with Gasteiger partial charge in [-0.1, -0.05) is 0 Å². The zero-order chi connectivity index (χ0) is 10.5. The fourth-order valence-corrected chi connectivity index (χ4v) is 0.547. The molecule has 0 N–H and O–H groups in total. The first-order chi connectivity index (χ1) is 5.91. The van der Waals surface area contributed by atoms with Crippen molar-refractivity contribution < 1.29 is 27.4 Å². The maximum Gasteiger partial charge on any atom is 0.449 e. The Kier molecular flexibility index (Phi) is 4.30. The highest BCUT2D eigenvalue weighted by Crippen LogP contribution is 2.25. The van der Waals surface area contributed by atoms with Crippen LogP contribution in [-0.4, -0.2) is 25.9 Å².